The minimum absolute atomic E-state index is 0.0300. The van der Waals surface area contributed by atoms with Crippen molar-refractivity contribution in [3.05, 3.63) is 23.9 Å². The largest absolute Gasteiger partial charge is 0.419 e. The van der Waals surface area contributed by atoms with Gasteiger partial charge in [-0.3, -0.25) is 0 Å². The highest BCUT2D eigenvalue weighted by molar-refractivity contribution is 5.46. The summed E-state index contributed by atoms with van der Waals surface area (Å²) < 4.78 is 39.0. The van der Waals surface area contributed by atoms with Gasteiger partial charge in [0.25, 0.3) is 0 Å². The highest BCUT2D eigenvalue weighted by Crippen LogP contribution is 2.37. The summed E-state index contributed by atoms with van der Waals surface area (Å²) in [7, 11) is 2.13. The molecule has 0 aromatic carbocycles. The molecule has 3 rings (SSSR count). The quantitative estimate of drug-likeness (QED) is 0.905. The fraction of sp³-hybridized carbons (Fsp3) is 0.667. The van der Waals surface area contributed by atoms with Crippen molar-refractivity contribution in [2.45, 2.75) is 56.4 Å². The Balaban J connectivity index is 1.76. The third-order valence-corrected chi connectivity index (χ3v) is 4.79. The molecule has 1 N–H and O–H groups in total. The van der Waals surface area contributed by atoms with E-state index in [4.69, 9.17) is 0 Å². The second-order valence-corrected chi connectivity index (χ2v) is 6.11. The molecule has 1 aromatic rings. The van der Waals surface area contributed by atoms with Crippen molar-refractivity contribution in [3.8, 4) is 0 Å². The van der Waals surface area contributed by atoms with Crippen molar-refractivity contribution >= 4 is 5.82 Å². The van der Waals surface area contributed by atoms with E-state index in [1.807, 2.05) is 0 Å². The van der Waals surface area contributed by atoms with E-state index in [2.05, 4.69) is 22.2 Å². The van der Waals surface area contributed by atoms with Gasteiger partial charge in [-0.2, -0.15) is 13.2 Å². The zero-order valence-electron chi connectivity index (χ0n) is 12.0. The number of hydrogen-bond donors (Lipinski definition) is 1. The maximum Gasteiger partial charge on any atom is 0.419 e. The molecule has 2 saturated heterocycles. The Hall–Kier alpha value is -1.30. The van der Waals surface area contributed by atoms with Gasteiger partial charge in [0.15, 0.2) is 0 Å². The average molecular weight is 299 g/mol. The number of nitrogens with one attached hydrogen (secondary N) is 1. The van der Waals surface area contributed by atoms with Gasteiger partial charge in [0.05, 0.1) is 5.56 Å². The molecule has 0 spiro atoms. The van der Waals surface area contributed by atoms with Gasteiger partial charge in [-0.15, -0.1) is 0 Å². The molecule has 1 aromatic heterocycles. The molecule has 2 aliphatic heterocycles. The van der Waals surface area contributed by atoms with Crippen molar-refractivity contribution in [2.24, 2.45) is 0 Å². The first kappa shape index (κ1) is 14.6. The Morgan fingerprint density at radius 2 is 1.90 bits per heavy atom. The van der Waals surface area contributed by atoms with Gasteiger partial charge in [0.2, 0.25) is 0 Å². The maximum absolute atomic E-state index is 13.0. The van der Waals surface area contributed by atoms with Crippen LogP contribution in [0, 0.1) is 0 Å². The summed E-state index contributed by atoms with van der Waals surface area (Å²) in [6.07, 6.45) is 2.33. The number of fused-ring (bicyclic) bond motifs is 2. The molecular formula is C15H20F3N3. The lowest BCUT2D eigenvalue weighted by Crippen LogP contribution is -2.53. The summed E-state index contributed by atoms with van der Waals surface area (Å²) in [5.74, 6) is -0.0300. The molecule has 2 atom stereocenters. The molecule has 2 unspecified atom stereocenters. The number of aromatic nitrogens is 1. The van der Waals surface area contributed by atoms with Crippen molar-refractivity contribution in [1.82, 2.24) is 9.88 Å². The van der Waals surface area contributed by atoms with Crippen LogP contribution in [-0.2, 0) is 6.18 Å². The predicted molar refractivity (Wildman–Crippen MR) is 75.1 cm³/mol. The van der Waals surface area contributed by atoms with Gasteiger partial charge in [0.1, 0.15) is 5.82 Å². The van der Waals surface area contributed by atoms with E-state index in [9.17, 15) is 13.2 Å². The van der Waals surface area contributed by atoms with Crippen molar-refractivity contribution in [3.63, 3.8) is 0 Å². The molecule has 2 aliphatic rings. The minimum atomic E-state index is -4.36. The fourth-order valence-electron chi connectivity index (χ4n) is 3.68. The normalized spacial score (nSPS) is 30.2. The van der Waals surface area contributed by atoms with E-state index in [0.717, 1.165) is 31.7 Å². The van der Waals surface area contributed by atoms with Gasteiger partial charge in [-0.1, -0.05) is 6.42 Å². The molecule has 116 valence electrons. The van der Waals surface area contributed by atoms with Gasteiger partial charge in [-0.05, 0) is 44.9 Å². The zero-order valence-corrected chi connectivity index (χ0v) is 12.0. The number of rotatable bonds is 2. The topological polar surface area (TPSA) is 28.2 Å². The first-order valence-corrected chi connectivity index (χ1v) is 7.46. The molecule has 6 heteroatoms. The van der Waals surface area contributed by atoms with Crippen LogP contribution < -0.4 is 5.32 Å². The summed E-state index contributed by atoms with van der Waals surface area (Å²) >= 11 is 0. The van der Waals surface area contributed by atoms with Gasteiger partial charge in [0, 0.05) is 24.3 Å². The summed E-state index contributed by atoms with van der Waals surface area (Å²) in [5.41, 5.74) is -0.672. The van der Waals surface area contributed by atoms with Crippen molar-refractivity contribution in [1.29, 1.82) is 0 Å². The van der Waals surface area contributed by atoms with E-state index in [1.54, 1.807) is 0 Å². The molecular weight excluding hydrogens is 279 g/mol. The standard InChI is InChI=1S/C15H20F3N3/c1-21-11-4-2-5-12(21)9-10(8-11)20-14-13(15(16,17)18)6-3-7-19-14/h3,6-7,10-12H,2,4-5,8-9H2,1H3,(H,19,20). The van der Waals surface area contributed by atoms with Crippen LogP contribution in [0.25, 0.3) is 0 Å². The van der Waals surface area contributed by atoms with Crippen LogP contribution in [0.2, 0.25) is 0 Å². The molecule has 0 aliphatic carbocycles. The van der Waals surface area contributed by atoms with Gasteiger partial charge >= 0.3 is 6.18 Å². The highest BCUT2D eigenvalue weighted by atomic mass is 19.4. The van der Waals surface area contributed by atoms with E-state index in [1.165, 1.54) is 18.7 Å². The van der Waals surface area contributed by atoms with Crippen LogP contribution >= 0.6 is 0 Å². The molecule has 21 heavy (non-hydrogen) atoms. The van der Waals surface area contributed by atoms with Crippen LogP contribution in [0.5, 0.6) is 0 Å². The lowest BCUT2D eigenvalue weighted by Gasteiger charge is -2.47. The molecule has 3 nitrogen and oxygen atoms in total. The molecule has 2 fully saturated rings. The van der Waals surface area contributed by atoms with Crippen molar-refractivity contribution < 1.29 is 13.2 Å². The van der Waals surface area contributed by atoms with Gasteiger partial charge < -0.3 is 10.2 Å². The minimum Gasteiger partial charge on any atom is -0.367 e. The number of piperidine rings is 2. The number of alkyl halides is 3. The SMILES string of the molecule is CN1C2CCCC1CC(Nc1ncccc1C(F)(F)F)C2. The third kappa shape index (κ3) is 3.00. The highest BCUT2D eigenvalue weighted by Gasteiger charge is 2.38. The second-order valence-electron chi connectivity index (χ2n) is 6.11. The van der Waals surface area contributed by atoms with E-state index >= 15 is 0 Å². The monoisotopic (exact) mass is 299 g/mol. The first-order valence-electron chi connectivity index (χ1n) is 7.46. The number of hydrogen-bond acceptors (Lipinski definition) is 3. The zero-order chi connectivity index (χ0) is 15.0. The Bertz CT molecular complexity index is 489. The lowest BCUT2D eigenvalue weighted by molar-refractivity contribution is -0.137. The van der Waals surface area contributed by atoms with E-state index in [-0.39, 0.29) is 11.9 Å². The van der Waals surface area contributed by atoms with Crippen LogP contribution in [0.3, 0.4) is 0 Å². The average Bonchev–Trinajstić information content (AvgIpc) is 2.39. The van der Waals surface area contributed by atoms with E-state index in [0.29, 0.717) is 12.1 Å². The molecule has 0 amide bonds. The van der Waals surface area contributed by atoms with Crippen molar-refractivity contribution in [2.75, 3.05) is 12.4 Å². The second kappa shape index (κ2) is 5.48. The lowest BCUT2D eigenvalue weighted by atomic mass is 9.82. The Morgan fingerprint density at radius 3 is 2.52 bits per heavy atom. The number of halogens is 3. The summed E-state index contributed by atoms with van der Waals surface area (Å²) in [4.78, 5) is 6.30. The summed E-state index contributed by atoms with van der Waals surface area (Å²) in [5, 5.41) is 3.05. The smallest absolute Gasteiger partial charge is 0.367 e. The van der Waals surface area contributed by atoms with E-state index < -0.39 is 11.7 Å². The maximum atomic E-state index is 13.0. The Morgan fingerprint density at radius 1 is 1.24 bits per heavy atom. The first-order chi connectivity index (χ1) is 9.95. The molecule has 0 radical (unpaired) electrons. The van der Waals surface area contributed by atoms with Crippen LogP contribution in [-0.4, -0.2) is 35.1 Å². The van der Waals surface area contributed by atoms with Gasteiger partial charge in [-0.25, -0.2) is 4.98 Å². The predicted octanol–water partition coefficient (Wildman–Crippen LogP) is 3.53. The number of anilines is 1. The Kier molecular flexibility index (Phi) is 3.82. The Labute approximate surface area is 122 Å². The fourth-order valence-corrected chi connectivity index (χ4v) is 3.68. The third-order valence-electron chi connectivity index (χ3n) is 4.79. The van der Waals surface area contributed by atoms with Crippen LogP contribution in [0.15, 0.2) is 18.3 Å². The van der Waals surface area contributed by atoms with Crippen LogP contribution in [0.1, 0.15) is 37.7 Å². The molecule has 2 bridgehead atoms. The number of nitrogens with zero attached hydrogens (tertiary/aromatic N) is 2. The molecule has 0 saturated carbocycles. The number of pyridine rings is 1. The molecule has 3 heterocycles. The van der Waals surface area contributed by atoms with Crippen LogP contribution in [0.4, 0.5) is 19.0 Å². The summed E-state index contributed by atoms with van der Waals surface area (Å²) in [6.45, 7) is 0. The summed E-state index contributed by atoms with van der Waals surface area (Å²) in [6, 6.07) is 3.45.